The van der Waals surface area contributed by atoms with Gasteiger partial charge in [0.15, 0.2) is 0 Å². The number of ketones is 1. The van der Waals surface area contributed by atoms with E-state index < -0.39 is 0 Å². The van der Waals surface area contributed by atoms with Gasteiger partial charge in [0.05, 0.1) is 6.54 Å². The molecule has 2 N–H and O–H groups in total. The molecule has 1 saturated carbocycles. The average molecular weight is 262 g/mol. The van der Waals surface area contributed by atoms with E-state index in [2.05, 4.69) is 20.6 Å². The van der Waals surface area contributed by atoms with Gasteiger partial charge in [0.1, 0.15) is 23.7 Å². The highest BCUT2D eigenvalue weighted by Crippen LogP contribution is 2.27. The molecule has 0 aromatic carbocycles. The summed E-state index contributed by atoms with van der Waals surface area (Å²) < 4.78 is 0. The van der Waals surface area contributed by atoms with Gasteiger partial charge in [0.25, 0.3) is 0 Å². The summed E-state index contributed by atoms with van der Waals surface area (Å²) in [5, 5.41) is 6.30. The van der Waals surface area contributed by atoms with Crippen molar-refractivity contribution in [2.24, 2.45) is 5.92 Å². The Kier molecular flexibility index (Phi) is 5.12. The van der Waals surface area contributed by atoms with Crippen molar-refractivity contribution in [2.45, 2.75) is 39.0 Å². The summed E-state index contributed by atoms with van der Waals surface area (Å²) in [7, 11) is 0. The minimum absolute atomic E-state index is 0.0920. The van der Waals surface area contributed by atoms with Crippen molar-refractivity contribution in [3.05, 3.63) is 12.4 Å². The Morgan fingerprint density at radius 1 is 1.26 bits per heavy atom. The first-order valence-corrected chi connectivity index (χ1v) is 7.03. The van der Waals surface area contributed by atoms with Crippen LogP contribution in [0.15, 0.2) is 12.4 Å². The highest BCUT2D eigenvalue weighted by atomic mass is 16.1. The Labute approximate surface area is 114 Å². The lowest BCUT2D eigenvalue weighted by Gasteiger charge is -2.11. The first kappa shape index (κ1) is 13.8. The summed E-state index contributed by atoms with van der Waals surface area (Å²) in [6, 6.07) is 1.84. The van der Waals surface area contributed by atoms with Crippen molar-refractivity contribution in [1.29, 1.82) is 0 Å². The van der Waals surface area contributed by atoms with Gasteiger partial charge in [-0.2, -0.15) is 0 Å². The normalized spacial score (nSPS) is 15.4. The van der Waals surface area contributed by atoms with Crippen LogP contribution in [0, 0.1) is 5.92 Å². The molecular formula is C14H22N4O. The van der Waals surface area contributed by atoms with Crippen LogP contribution >= 0.6 is 0 Å². The molecule has 104 valence electrons. The quantitative estimate of drug-likeness (QED) is 0.790. The van der Waals surface area contributed by atoms with E-state index in [1.807, 2.05) is 6.07 Å². The van der Waals surface area contributed by atoms with Crippen LogP contribution in [-0.2, 0) is 4.79 Å². The van der Waals surface area contributed by atoms with E-state index in [1.54, 1.807) is 6.92 Å². The van der Waals surface area contributed by atoms with Crippen molar-refractivity contribution in [3.63, 3.8) is 0 Å². The Morgan fingerprint density at radius 3 is 2.63 bits per heavy atom. The molecule has 19 heavy (non-hydrogen) atoms. The van der Waals surface area contributed by atoms with Crippen LogP contribution < -0.4 is 10.6 Å². The van der Waals surface area contributed by atoms with Gasteiger partial charge >= 0.3 is 0 Å². The maximum atomic E-state index is 10.9. The molecule has 0 unspecified atom stereocenters. The lowest BCUT2D eigenvalue weighted by Crippen LogP contribution is -2.12. The summed E-state index contributed by atoms with van der Waals surface area (Å²) in [5.74, 6) is 2.48. The fourth-order valence-electron chi connectivity index (χ4n) is 2.47. The predicted molar refractivity (Wildman–Crippen MR) is 76.3 cm³/mol. The molecule has 0 bridgehead atoms. The summed E-state index contributed by atoms with van der Waals surface area (Å²) in [6.45, 7) is 2.81. The summed E-state index contributed by atoms with van der Waals surface area (Å²) in [6.07, 6.45) is 8.24. The number of carbonyl (C=O) groups excluding carboxylic acids is 1. The topological polar surface area (TPSA) is 66.9 Å². The average Bonchev–Trinajstić information content (AvgIpc) is 2.90. The molecule has 1 heterocycles. The first-order valence-electron chi connectivity index (χ1n) is 7.03. The fraction of sp³-hybridized carbons (Fsp3) is 0.643. The van der Waals surface area contributed by atoms with Gasteiger partial charge in [-0.1, -0.05) is 25.7 Å². The molecule has 5 heteroatoms. The number of anilines is 2. The molecule has 2 rings (SSSR count). The van der Waals surface area contributed by atoms with Crippen LogP contribution in [0.3, 0.4) is 0 Å². The highest BCUT2D eigenvalue weighted by molar-refractivity contribution is 5.80. The molecule has 0 amide bonds. The molecule has 1 aliphatic rings. The van der Waals surface area contributed by atoms with Crippen molar-refractivity contribution in [1.82, 2.24) is 9.97 Å². The molecule has 0 atom stereocenters. The van der Waals surface area contributed by atoms with E-state index in [4.69, 9.17) is 0 Å². The van der Waals surface area contributed by atoms with E-state index in [0.29, 0.717) is 12.4 Å². The molecule has 1 aromatic heterocycles. The zero-order valence-electron chi connectivity index (χ0n) is 11.5. The molecule has 5 nitrogen and oxygen atoms in total. The number of Topliss-reactive ketones (excluding diaryl/α,β-unsaturated/α-hetero) is 1. The SMILES string of the molecule is CC(=O)CNc1cc(NCCC2CCCC2)ncn1. The number of hydrogen-bond acceptors (Lipinski definition) is 5. The standard InChI is InChI=1S/C14H22N4O/c1-11(19)9-16-14-8-13(17-10-18-14)15-7-6-12-4-2-3-5-12/h8,10,12H,2-7,9H2,1H3,(H2,15,16,17,18). The minimum Gasteiger partial charge on any atom is -0.370 e. The van der Waals surface area contributed by atoms with Crippen LogP contribution in [0.1, 0.15) is 39.0 Å². The number of hydrogen-bond donors (Lipinski definition) is 2. The largest absolute Gasteiger partial charge is 0.370 e. The van der Waals surface area contributed by atoms with Crippen molar-refractivity contribution in [3.8, 4) is 0 Å². The van der Waals surface area contributed by atoms with Crippen molar-refractivity contribution < 1.29 is 4.79 Å². The number of nitrogens with one attached hydrogen (secondary N) is 2. The molecule has 0 saturated heterocycles. The van der Waals surface area contributed by atoms with Crippen LogP contribution in [0.4, 0.5) is 11.6 Å². The Balaban J connectivity index is 1.76. The van der Waals surface area contributed by atoms with E-state index in [-0.39, 0.29) is 5.78 Å². The van der Waals surface area contributed by atoms with Gasteiger partial charge in [0, 0.05) is 12.6 Å². The van der Waals surface area contributed by atoms with Crippen LogP contribution in [-0.4, -0.2) is 28.8 Å². The maximum absolute atomic E-state index is 10.9. The summed E-state index contributed by atoms with van der Waals surface area (Å²) in [5.41, 5.74) is 0. The summed E-state index contributed by atoms with van der Waals surface area (Å²) in [4.78, 5) is 19.2. The molecule has 0 spiro atoms. The molecule has 1 fully saturated rings. The molecule has 1 aromatic rings. The maximum Gasteiger partial charge on any atom is 0.148 e. The fourth-order valence-corrected chi connectivity index (χ4v) is 2.47. The van der Waals surface area contributed by atoms with Crippen LogP contribution in [0.25, 0.3) is 0 Å². The van der Waals surface area contributed by atoms with Gasteiger partial charge < -0.3 is 10.6 Å². The molecular weight excluding hydrogens is 240 g/mol. The zero-order chi connectivity index (χ0) is 13.5. The van der Waals surface area contributed by atoms with Gasteiger partial charge in [-0.05, 0) is 19.3 Å². The van der Waals surface area contributed by atoms with E-state index >= 15 is 0 Å². The van der Waals surface area contributed by atoms with Crippen molar-refractivity contribution >= 4 is 17.4 Å². The number of carbonyl (C=O) groups is 1. The van der Waals surface area contributed by atoms with Gasteiger partial charge in [0.2, 0.25) is 0 Å². The van der Waals surface area contributed by atoms with Gasteiger partial charge in [-0.25, -0.2) is 9.97 Å². The van der Waals surface area contributed by atoms with E-state index in [9.17, 15) is 4.79 Å². The van der Waals surface area contributed by atoms with Gasteiger partial charge in [-0.3, -0.25) is 4.79 Å². The highest BCUT2D eigenvalue weighted by Gasteiger charge is 2.14. The zero-order valence-corrected chi connectivity index (χ0v) is 11.5. The number of aromatic nitrogens is 2. The van der Waals surface area contributed by atoms with E-state index in [0.717, 1.165) is 18.3 Å². The molecule has 0 aliphatic heterocycles. The third kappa shape index (κ3) is 4.85. The second-order valence-electron chi connectivity index (χ2n) is 5.21. The van der Waals surface area contributed by atoms with Gasteiger partial charge in [-0.15, -0.1) is 0 Å². The number of rotatable bonds is 7. The second-order valence-corrected chi connectivity index (χ2v) is 5.21. The molecule has 1 aliphatic carbocycles. The Hall–Kier alpha value is -1.65. The predicted octanol–water partition coefficient (Wildman–Crippen LogP) is 2.47. The minimum atomic E-state index is 0.0920. The van der Waals surface area contributed by atoms with Crippen LogP contribution in [0.2, 0.25) is 0 Å². The van der Waals surface area contributed by atoms with Crippen LogP contribution in [0.5, 0.6) is 0 Å². The third-order valence-electron chi connectivity index (χ3n) is 3.52. The lowest BCUT2D eigenvalue weighted by molar-refractivity contribution is -0.115. The Morgan fingerprint density at radius 2 is 1.95 bits per heavy atom. The van der Waals surface area contributed by atoms with E-state index in [1.165, 1.54) is 38.4 Å². The smallest absolute Gasteiger partial charge is 0.148 e. The lowest BCUT2D eigenvalue weighted by atomic mass is 10.0. The first-order chi connectivity index (χ1) is 9.24. The third-order valence-corrected chi connectivity index (χ3v) is 3.52. The van der Waals surface area contributed by atoms with Crippen molar-refractivity contribution in [2.75, 3.05) is 23.7 Å². The second kappa shape index (κ2) is 7.07. The monoisotopic (exact) mass is 262 g/mol. The number of nitrogens with zero attached hydrogens (tertiary/aromatic N) is 2. The summed E-state index contributed by atoms with van der Waals surface area (Å²) >= 11 is 0. The molecule has 0 radical (unpaired) electrons. The Bertz CT molecular complexity index is 416.